The van der Waals surface area contributed by atoms with Crippen LogP contribution in [0.2, 0.25) is 0 Å². The summed E-state index contributed by atoms with van der Waals surface area (Å²) in [6, 6.07) is 0. The first-order valence-electron chi connectivity index (χ1n) is 6.38. The summed E-state index contributed by atoms with van der Waals surface area (Å²) in [5.74, 6) is 1.78. The summed E-state index contributed by atoms with van der Waals surface area (Å²) in [6.07, 6.45) is 7.43. The molecule has 0 atom stereocenters. The summed E-state index contributed by atoms with van der Waals surface area (Å²) in [5.41, 5.74) is 0. The molecular weight excluding hydrogens is 242 g/mol. The van der Waals surface area contributed by atoms with Crippen molar-refractivity contribution in [1.82, 2.24) is 24.5 Å². The average molecular weight is 261 g/mol. The van der Waals surface area contributed by atoms with Crippen LogP contribution in [0.1, 0.15) is 19.8 Å². The molecule has 0 saturated carbocycles. The van der Waals surface area contributed by atoms with E-state index >= 15 is 0 Å². The maximum absolute atomic E-state index is 4.46. The summed E-state index contributed by atoms with van der Waals surface area (Å²) >= 11 is 0. The van der Waals surface area contributed by atoms with Crippen molar-refractivity contribution in [2.75, 3.05) is 30.9 Å². The Morgan fingerprint density at radius 1 is 1.32 bits per heavy atom. The van der Waals surface area contributed by atoms with Crippen LogP contribution in [-0.4, -0.2) is 45.1 Å². The Balaban J connectivity index is 2.31. The van der Waals surface area contributed by atoms with Crippen molar-refractivity contribution >= 4 is 11.9 Å². The first-order chi connectivity index (χ1) is 9.24. The fourth-order valence-electron chi connectivity index (χ4n) is 1.62. The smallest absolute Gasteiger partial charge is 0.241 e. The van der Waals surface area contributed by atoms with Gasteiger partial charge in [-0.15, -0.1) is 0 Å². The van der Waals surface area contributed by atoms with Crippen LogP contribution in [0.3, 0.4) is 0 Å². The van der Waals surface area contributed by atoms with Gasteiger partial charge in [-0.05, 0) is 6.42 Å². The van der Waals surface area contributed by atoms with Gasteiger partial charge in [0.15, 0.2) is 0 Å². The predicted octanol–water partition coefficient (Wildman–Crippen LogP) is 1.34. The van der Waals surface area contributed by atoms with Gasteiger partial charge in [-0.3, -0.25) is 4.57 Å². The number of nitrogens with zero attached hydrogens (tertiary/aromatic N) is 6. The van der Waals surface area contributed by atoms with Gasteiger partial charge in [-0.25, -0.2) is 4.98 Å². The second kappa shape index (κ2) is 6.12. The van der Waals surface area contributed by atoms with E-state index in [2.05, 4.69) is 32.2 Å². The minimum absolute atomic E-state index is 0.553. The zero-order chi connectivity index (χ0) is 13.7. The van der Waals surface area contributed by atoms with Crippen LogP contribution in [0.5, 0.6) is 0 Å². The third kappa shape index (κ3) is 3.18. The van der Waals surface area contributed by atoms with Crippen molar-refractivity contribution in [3.63, 3.8) is 0 Å². The number of nitrogens with one attached hydrogen (secondary N) is 1. The van der Waals surface area contributed by atoms with E-state index in [0.717, 1.165) is 19.4 Å². The molecule has 0 radical (unpaired) electrons. The Bertz CT molecular complexity index is 509. The minimum atomic E-state index is 0.553. The van der Waals surface area contributed by atoms with Crippen molar-refractivity contribution in [3.05, 3.63) is 18.7 Å². The van der Waals surface area contributed by atoms with Gasteiger partial charge in [0.25, 0.3) is 0 Å². The van der Waals surface area contributed by atoms with Gasteiger partial charge in [0, 0.05) is 33.0 Å². The average Bonchev–Trinajstić information content (AvgIpc) is 2.98. The highest BCUT2D eigenvalue weighted by Gasteiger charge is 2.10. The Morgan fingerprint density at radius 2 is 2.16 bits per heavy atom. The summed E-state index contributed by atoms with van der Waals surface area (Å²) in [4.78, 5) is 19.2. The second-order valence-corrected chi connectivity index (χ2v) is 4.25. The van der Waals surface area contributed by atoms with E-state index in [9.17, 15) is 0 Å². The number of unbranched alkanes of at least 4 members (excludes halogenated alkanes) is 1. The van der Waals surface area contributed by atoms with Crippen molar-refractivity contribution in [3.8, 4) is 5.95 Å². The quantitative estimate of drug-likeness (QED) is 0.846. The monoisotopic (exact) mass is 261 g/mol. The minimum Gasteiger partial charge on any atom is -0.357 e. The lowest BCUT2D eigenvalue weighted by molar-refractivity contribution is 0.742. The van der Waals surface area contributed by atoms with E-state index in [4.69, 9.17) is 0 Å². The summed E-state index contributed by atoms with van der Waals surface area (Å²) in [7, 11) is 3.78. The molecule has 0 bridgehead atoms. The fourth-order valence-corrected chi connectivity index (χ4v) is 1.62. The van der Waals surface area contributed by atoms with Gasteiger partial charge in [-0.1, -0.05) is 13.3 Å². The van der Waals surface area contributed by atoms with E-state index < -0.39 is 0 Å². The molecule has 1 N–H and O–H groups in total. The second-order valence-electron chi connectivity index (χ2n) is 4.25. The number of anilines is 2. The van der Waals surface area contributed by atoms with Crippen LogP contribution in [0.25, 0.3) is 5.95 Å². The van der Waals surface area contributed by atoms with Gasteiger partial charge in [-0.2, -0.15) is 15.0 Å². The van der Waals surface area contributed by atoms with Crippen molar-refractivity contribution < 1.29 is 0 Å². The molecule has 0 aliphatic heterocycles. The van der Waals surface area contributed by atoms with Gasteiger partial charge in [0.05, 0.1) is 0 Å². The molecule has 0 aliphatic rings. The standard InChI is InChI=1S/C12H19N7/c1-4-5-7-18(3)11-15-10(13-2)16-12(17-11)19-8-6-14-9-19/h6,8-9H,4-5,7H2,1-3H3,(H,13,15,16,17). The molecule has 7 nitrogen and oxygen atoms in total. The lowest BCUT2D eigenvalue weighted by Crippen LogP contribution is -2.22. The number of hydrogen-bond acceptors (Lipinski definition) is 6. The SMILES string of the molecule is CCCCN(C)c1nc(NC)nc(-n2ccnc2)n1. The van der Waals surface area contributed by atoms with Crippen molar-refractivity contribution in [2.24, 2.45) is 0 Å². The Hall–Kier alpha value is -2.18. The highest BCUT2D eigenvalue weighted by molar-refractivity contribution is 5.39. The van der Waals surface area contributed by atoms with Crippen LogP contribution >= 0.6 is 0 Å². The molecular formula is C12H19N7. The van der Waals surface area contributed by atoms with E-state index in [1.165, 1.54) is 0 Å². The topological polar surface area (TPSA) is 71.8 Å². The number of imidazole rings is 1. The third-order valence-corrected chi connectivity index (χ3v) is 2.76. The molecule has 2 heterocycles. The summed E-state index contributed by atoms with van der Waals surface area (Å²) in [5, 5.41) is 2.96. The van der Waals surface area contributed by atoms with E-state index in [1.807, 2.05) is 18.1 Å². The molecule has 0 aromatic carbocycles. The zero-order valence-electron chi connectivity index (χ0n) is 11.5. The fraction of sp³-hybridized carbons (Fsp3) is 0.500. The van der Waals surface area contributed by atoms with Crippen LogP contribution < -0.4 is 10.2 Å². The van der Waals surface area contributed by atoms with Crippen LogP contribution in [0, 0.1) is 0 Å². The molecule has 7 heteroatoms. The highest BCUT2D eigenvalue weighted by Crippen LogP contribution is 2.12. The maximum Gasteiger partial charge on any atom is 0.241 e. The molecule has 0 spiro atoms. The molecule has 0 fully saturated rings. The molecule has 2 aromatic rings. The molecule has 0 amide bonds. The largest absolute Gasteiger partial charge is 0.357 e. The molecule has 0 unspecified atom stereocenters. The number of rotatable bonds is 6. The number of hydrogen-bond donors (Lipinski definition) is 1. The van der Waals surface area contributed by atoms with E-state index in [1.54, 1.807) is 24.1 Å². The Kier molecular flexibility index (Phi) is 4.27. The van der Waals surface area contributed by atoms with Crippen LogP contribution in [-0.2, 0) is 0 Å². The van der Waals surface area contributed by atoms with Gasteiger partial charge < -0.3 is 10.2 Å². The maximum atomic E-state index is 4.46. The first-order valence-corrected chi connectivity index (χ1v) is 6.38. The highest BCUT2D eigenvalue weighted by atomic mass is 15.3. The van der Waals surface area contributed by atoms with Gasteiger partial charge >= 0.3 is 0 Å². The molecule has 2 rings (SSSR count). The first kappa shape index (κ1) is 13.3. The molecule has 0 saturated heterocycles. The summed E-state index contributed by atoms with van der Waals surface area (Å²) < 4.78 is 1.76. The van der Waals surface area contributed by atoms with Gasteiger partial charge in [0.2, 0.25) is 17.8 Å². The predicted molar refractivity (Wildman–Crippen MR) is 74.7 cm³/mol. The lowest BCUT2D eigenvalue weighted by Gasteiger charge is -2.17. The molecule has 2 aromatic heterocycles. The summed E-state index contributed by atoms with van der Waals surface area (Å²) in [6.45, 7) is 3.09. The van der Waals surface area contributed by atoms with Crippen molar-refractivity contribution in [2.45, 2.75) is 19.8 Å². The van der Waals surface area contributed by atoms with E-state index in [0.29, 0.717) is 17.8 Å². The van der Waals surface area contributed by atoms with Crippen molar-refractivity contribution in [1.29, 1.82) is 0 Å². The normalized spacial score (nSPS) is 10.5. The number of aromatic nitrogens is 5. The van der Waals surface area contributed by atoms with Crippen LogP contribution in [0.15, 0.2) is 18.7 Å². The zero-order valence-corrected chi connectivity index (χ0v) is 11.5. The van der Waals surface area contributed by atoms with E-state index in [-0.39, 0.29) is 0 Å². The Morgan fingerprint density at radius 3 is 2.79 bits per heavy atom. The van der Waals surface area contributed by atoms with Gasteiger partial charge in [0.1, 0.15) is 6.33 Å². The third-order valence-electron chi connectivity index (χ3n) is 2.76. The molecule has 0 aliphatic carbocycles. The lowest BCUT2D eigenvalue weighted by atomic mass is 10.3. The molecule has 102 valence electrons. The van der Waals surface area contributed by atoms with Crippen LogP contribution in [0.4, 0.5) is 11.9 Å². The molecule has 19 heavy (non-hydrogen) atoms. The Labute approximate surface area is 112 Å².